The Morgan fingerprint density at radius 1 is 1.40 bits per heavy atom. The standard InChI is InChI=1S/C10H13N5/c11-5-10-13-4-2-9(15-10)14-7-8-1-3-12-6-8/h1-4,6,12H,5,7,11H2,(H,13,14,15). The minimum Gasteiger partial charge on any atom is -0.367 e. The van der Waals surface area contributed by atoms with Crippen molar-refractivity contribution in [3.05, 3.63) is 42.1 Å². The first-order chi connectivity index (χ1) is 7.38. The Kier molecular flexibility index (Phi) is 2.94. The van der Waals surface area contributed by atoms with Crippen molar-refractivity contribution in [2.45, 2.75) is 13.1 Å². The predicted octanol–water partition coefficient (Wildman–Crippen LogP) is 0.875. The molecule has 0 saturated carbocycles. The zero-order valence-electron chi connectivity index (χ0n) is 8.27. The third-order valence-electron chi connectivity index (χ3n) is 2.02. The van der Waals surface area contributed by atoms with Crippen molar-refractivity contribution in [3.63, 3.8) is 0 Å². The lowest BCUT2D eigenvalue weighted by Gasteiger charge is -2.04. The first-order valence-corrected chi connectivity index (χ1v) is 4.76. The molecule has 0 aliphatic rings. The Balaban J connectivity index is 1.98. The second-order valence-electron chi connectivity index (χ2n) is 3.14. The molecule has 2 aromatic heterocycles. The Bertz CT molecular complexity index is 410. The van der Waals surface area contributed by atoms with Crippen LogP contribution in [0.25, 0.3) is 0 Å². The van der Waals surface area contributed by atoms with Gasteiger partial charge < -0.3 is 16.0 Å². The second kappa shape index (κ2) is 4.56. The number of nitrogens with one attached hydrogen (secondary N) is 2. The molecule has 5 heteroatoms. The van der Waals surface area contributed by atoms with Gasteiger partial charge in [-0.1, -0.05) is 0 Å². The van der Waals surface area contributed by atoms with E-state index in [9.17, 15) is 0 Å². The summed E-state index contributed by atoms with van der Waals surface area (Å²) in [4.78, 5) is 11.2. The lowest BCUT2D eigenvalue weighted by atomic mass is 10.3. The van der Waals surface area contributed by atoms with Crippen molar-refractivity contribution >= 4 is 5.82 Å². The zero-order chi connectivity index (χ0) is 10.5. The van der Waals surface area contributed by atoms with E-state index in [4.69, 9.17) is 5.73 Å². The Morgan fingerprint density at radius 2 is 2.33 bits per heavy atom. The van der Waals surface area contributed by atoms with Crippen LogP contribution in [0.1, 0.15) is 11.4 Å². The summed E-state index contributed by atoms with van der Waals surface area (Å²) in [5, 5.41) is 3.20. The average Bonchev–Trinajstić information content (AvgIpc) is 2.79. The summed E-state index contributed by atoms with van der Waals surface area (Å²) in [6, 6.07) is 3.84. The van der Waals surface area contributed by atoms with Crippen LogP contribution in [0.2, 0.25) is 0 Å². The van der Waals surface area contributed by atoms with Gasteiger partial charge in [-0.05, 0) is 17.7 Å². The fourth-order valence-corrected chi connectivity index (χ4v) is 1.26. The van der Waals surface area contributed by atoms with Crippen LogP contribution in [-0.4, -0.2) is 15.0 Å². The molecule has 0 spiro atoms. The van der Waals surface area contributed by atoms with Gasteiger partial charge in [-0.25, -0.2) is 9.97 Å². The molecule has 0 aromatic carbocycles. The highest BCUT2D eigenvalue weighted by molar-refractivity contribution is 5.34. The Labute approximate surface area is 87.8 Å². The molecule has 4 N–H and O–H groups in total. The number of aromatic nitrogens is 3. The van der Waals surface area contributed by atoms with Gasteiger partial charge in [0.25, 0.3) is 0 Å². The maximum Gasteiger partial charge on any atom is 0.144 e. The van der Waals surface area contributed by atoms with E-state index >= 15 is 0 Å². The van der Waals surface area contributed by atoms with Gasteiger partial charge >= 0.3 is 0 Å². The van der Waals surface area contributed by atoms with E-state index in [2.05, 4.69) is 20.3 Å². The largest absolute Gasteiger partial charge is 0.367 e. The second-order valence-corrected chi connectivity index (χ2v) is 3.14. The van der Waals surface area contributed by atoms with Crippen LogP contribution >= 0.6 is 0 Å². The minimum absolute atomic E-state index is 0.361. The summed E-state index contributed by atoms with van der Waals surface area (Å²) < 4.78 is 0. The first kappa shape index (κ1) is 9.67. The van der Waals surface area contributed by atoms with E-state index in [0.717, 1.165) is 12.4 Å². The molecule has 0 amide bonds. The third-order valence-corrected chi connectivity index (χ3v) is 2.02. The lowest BCUT2D eigenvalue weighted by Crippen LogP contribution is -2.06. The molecular formula is C10H13N5. The number of hydrogen-bond donors (Lipinski definition) is 3. The van der Waals surface area contributed by atoms with E-state index in [-0.39, 0.29) is 0 Å². The molecule has 15 heavy (non-hydrogen) atoms. The normalized spacial score (nSPS) is 10.2. The van der Waals surface area contributed by atoms with E-state index < -0.39 is 0 Å². The number of H-pyrrole nitrogens is 1. The molecule has 0 aliphatic heterocycles. The summed E-state index contributed by atoms with van der Waals surface area (Å²) in [6.07, 6.45) is 5.54. The maximum atomic E-state index is 5.45. The smallest absolute Gasteiger partial charge is 0.144 e. The van der Waals surface area contributed by atoms with Crippen molar-refractivity contribution in [2.75, 3.05) is 5.32 Å². The first-order valence-electron chi connectivity index (χ1n) is 4.76. The van der Waals surface area contributed by atoms with Crippen LogP contribution in [0.15, 0.2) is 30.7 Å². The van der Waals surface area contributed by atoms with Crippen molar-refractivity contribution < 1.29 is 0 Å². The molecule has 78 valence electrons. The minimum atomic E-state index is 0.361. The van der Waals surface area contributed by atoms with E-state index in [1.54, 1.807) is 6.20 Å². The summed E-state index contributed by atoms with van der Waals surface area (Å²) in [5.41, 5.74) is 6.63. The van der Waals surface area contributed by atoms with Crippen molar-refractivity contribution in [3.8, 4) is 0 Å². The highest BCUT2D eigenvalue weighted by Crippen LogP contribution is 2.04. The SMILES string of the molecule is NCc1nccc(NCc2cc[nH]c2)n1. The molecule has 0 unspecified atom stereocenters. The average molecular weight is 203 g/mol. The topological polar surface area (TPSA) is 79.6 Å². The molecule has 0 fully saturated rings. The van der Waals surface area contributed by atoms with E-state index in [1.807, 2.05) is 24.5 Å². The summed E-state index contributed by atoms with van der Waals surface area (Å²) in [7, 11) is 0. The van der Waals surface area contributed by atoms with Crippen LogP contribution in [0.4, 0.5) is 5.82 Å². The number of nitrogens with zero attached hydrogens (tertiary/aromatic N) is 2. The quantitative estimate of drug-likeness (QED) is 0.689. The molecule has 5 nitrogen and oxygen atoms in total. The molecule has 2 aromatic rings. The zero-order valence-corrected chi connectivity index (χ0v) is 8.27. The van der Waals surface area contributed by atoms with Crippen LogP contribution in [-0.2, 0) is 13.1 Å². The van der Waals surface area contributed by atoms with E-state index in [0.29, 0.717) is 12.4 Å². The number of anilines is 1. The molecular weight excluding hydrogens is 190 g/mol. The highest BCUT2D eigenvalue weighted by Gasteiger charge is 1.97. The van der Waals surface area contributed by atoms with Crippen LogP contribution in [0.5, 0.6) is 0 Å². The van der Waals surface area contributed by atoms with Gasteiger partial charge in [0, 0.05) is 25.1 Å². The number of nitrogens with two attached hydrogens (primary N) is 1. The van der Waals surface area contributed by atoms with E-state index in [1.165, 1.54) is 5.56 Å². The molecule has 0 saturated heterocycles. The van der Waals surface area contributed by atoms with Gasteiger partial charge in [0.15, 0.2) is 0 Å². The van der Waals surface area contributed by atoms with Gasteiger partial charge in [-0.2, -0.15) is 0 Å². The summed E-state index contributed by atoms with van der Waals surface area (Å²) >= 11 is 0. The van der Waals surface area contributed by atoms with Crippen molar-refractivity contribution in [1.29, 1.82) is 0 Å². The third kappa shape index (κ3) is 2.54. The van der Waals surface area contributed by atoms with Gasteiger partial charge in [0.1, 0.15) is 11.6 Å². The van der Waals surface area contributed by atoms with Gasteiger partial charge in [0.05, 0.1) is 6.54 Å². The summed E-state index contributed by atoms with van der Waals surface area (Å²) in [5.74, 6) is 1.45. The monoisotopic (exact) mass is 203 g/mol. The van der Waals surface area contributed by atoms with Gasteiger partial charge in [-0.3, -0.25) is 0 Å². The fraction of sp³-hybridized carbons (Fsp3) is 0.200. The summed E-state index contributed by atoms with van der Waals surface area (Å²) in [6.45, 7) is 1.10. The molecule has 0 atom stereocenters. The van der Waals surface area contributed by atoms with Gasteiger partial charge in [-0.15, -0.1) is 0 Å². The number of aromatic amines is 1. The molecule has 2 rings (SSSR count). The van der Waals surface area contributed by atoms with Gasteiger partial charge in [0.2, 0.25) is 0 Å². The predicted molar refractivity (Wildman–Crippen MR) is 58.0 cm³/mol. The number of hydrogen-bond acceptors (Lipinski definition) is 4. The fourth-order valence-electron chi connectivity index (χ4n) is 1.26. The van der Waals surface area contributed by atoms with Crippen LogP contribution in [0, 0.1) is 0 Å². The Hall–Kier alpha value is -1.88. The number of rotatable bonds is 4. The Morgan fingerprint density at radius 3 is 3.07 bits per heavy atom. The molecule has 2 heterocycles. The lowest BCUT2D eigenvalue weighted by molar-refractivity contribution is 0.904. The van der Waals surface area contributed by atoms with Crippen LogP contribution in [0.3, 0.4) is 0 Å². The van der Waals surface area contributed by atoms with Crippen LogP contribution < -0.4 is 11.1 Å². The molecule has 0 bridgehead atoms. The molecule has 0 aliphatic carbocycles. The van der Waals surface area contributed by atoms with Crippen molar-refractivity contribution in [2.24, 2.45) is 5.73 Å². The molecule has 0 radical (unpaired) electrons. The maximum absolute atomic E-state index is 5.45. The highest BCUT2D eigenvalue weighted by atomic mass is 15.0. The van der Waals surface area contributed by atoms with Crippen molar-refractivity contribution in [1.82, 2.24) is 15.0 Å².